The number of aryl methyl sites for hydroxylation is 1. The summed E-state index contributed by atoms with van der Waals surface area (Å²) in [5, 5.41) is 7.35. The fourth-order valence-corrected chi connectivity index (χ4v) is 4.31. The first kappa shape index (κ1) is 21.6. The fourth-order valence-electron chi connectivity index (χ4n) is 4.31. The number of carbonyl (C=O) groups is 2. The van der Waals surface area contributed by atoms with E-state index in [0.29, 0.717) is 33.8 Å². The summed E-state index contributed by atoms with van der Waals surface area (Å²) in [7, 11) is 0. The zero-order valence-electron chi connectivity index (χ0n) is 18.7. The van der Waals surface area contributed by atoms with Gasteiger partial charge >= 0.3 is 5.97 Å². The maximum Gasteiger partial charge on any atom is 0.338 e. The molecule has 0 spiro atoms. The molecule has 1 aliphatic rings. The van der Waals surface area contributed by atoms with Gasteiger partial charge < -0.3 is 4.74 Å². The summed E-state index contributed by atoms with van der Waals surface area (Å²) in [6.07, 6.45) is 0. The smallest absolute Gasteiger partial charge is 0.338 e. The molecular weight excluding hydrogens is 433 g/mol. The number of benzene rings is 3. The van der Waals surface area contributed by atoms with Crippen molar-refractivity contribution in [2.75, 3.05) is 11.5 Å². The molecule has 1 aromatic heterocycles. The van der Waals surface area contributed by atoms with Crippen LogP contribution < -0.4 is 4.90 Å². The number of carbonyl (C=O) groups excluding carboxylic acids is 2. The van der Waals surface area contributed by atoms with Gasteiger partial charge in [-0.25, -0.2) is 9.18 Å². The normalized spacial score (nSPS) is 14.9. The molecule has 170 valence electrons. The average Bonchev–Trinajstić information content (AvgIpc) is 3.39. The molecule has 3 aromatic carbocycles. The zero-order chi connectivity index (χ0) is 23.8. The Labute approximate surface area is 196 Å². The molecule has 7 heteroatoms. The molecule has 5 rings (SSSR count). The summed E-state index contributed by atoms with van der Waals surface area (Å²) in [5.41, 5.74) is 5.24. The molecule has 4 aromatic rings. The second kappa shape index (κ2) is 8.59. The van der Waals surface area contributed by atoms with Crippen LogP contribution in [0.1, 0.15) is 50.5 Å². The van der Waals surface area contributed by atoms with Crippen molar-refractivity contribution in [3.8, 4) is 11.3 Å². The number of hydrogen-bond donors (Lipinski definition) is 1. The standard InChI is InChI=1S/C27H22FN3O3/c1-3-34-27(33)18-11-13-21(14-12-18)31-25(19-5-4-6-20(28)15-19)22-23(29-30-24(22)26(31)32)17-9-7-16(2)8-10-17/h4-15,25H,3H2,1-2H3,(H,29,30). The highest BCUT2D eigenvalue weighted by molar-refractivity contribution is 6.12. The fraction of sp³-hybridized carbons (Fsp3) is 0.148. The molecular formula is C27H22FN3O3. The van der Waals surface area contributed by atoms with Crippen LogP contribution >= 0.6 is 0 Å². The molecule has 1 aliphatic heterocycles. The molecule has 34 heavy (non-hydrogen) atoms. The Morgan fingerprint density at radius 3 is 2.50 bits per heavy atom. The van der Waals surface area contributed by atoms with Crippen molar-refractivity contribution < 1.29 is 18.7 Å². The van der Waals surface area contributed by atoms with E-state index in [1.54, 1.807) is 48.2 Å². The SMILES string of the molecule is CCOC(=O)c1ccc(N2C(=O)c3[nH]nc(-c4ccc(C)cc4)c3C2c2cccc(F)c2)cc1. The topological polar surface area (TPSA) is 75.3 Å². The van der Waals surface area contributed by atoms with Crippen LogP contribution in [0.15, 0.2) is 72.8 Å². The number of ether oxygens (including phenoxy) is 1. The van der Waals surface area contributed by atoms with Crippen molar-refractivity contribution in [2.45, 2.75) is 19.9 Å². The minimum Gasteiger partial charge on any atom is -0.462 e. The van der Waals surface area contributed by atoms with Gasteiger partial charge in [-0.1, -0.05) is 42.0 Å². The Hall–Kier alpha value is -4.26. The number of amides is 1. The van der Waals surface area contributed by atoms with Gasteiger partial charge in [-0.2, -0.15) is 5.10 Å². The Morgan fingerprint density at radius 1 is 1.09 bits per heavy atom. The Morgan fingerprint density at radius 2 is 1.82 bits per heavy atom. The maximum absolute atomic E-state index is 14.3. The number of nitrogens with zero attached hydrogens (tertiary/aromatic N) is 2. The van der Waals surface area contributed by atoms with Crippen molar-refractivity contribution in [1.82, 2.24) is 10.2 Å². The number of aromatic nitrogens is 2. The van der Waals surface area contributed by atoms with E-state index in [4.69, 9.17) is 4.74 Å². The zero-order valence-corrected chi connectivity index (χ0v) is 18.7. The van der Waals surface area contributed by atoms with E-state index in [1.807, 2.05) is 31.2 Å². The molecule has 0 radical (unpaired) electrons. The van der Waals surface area contributed by atoms with E-state index in [2.05, 4.69) is 10.2 Å². The van der Waals surface area contributed by atoms with E-state index in [-0.39, 0.29) is 12.5 Å². The predicted molar refractivity (Wildman–Crippen MR) is 126 cm³/mol. The Kier molecular flexibility index (Phi) is 5.45. The van der Waals surface area contributed by atoms with Gasteiger partial charge in [0, 0.05) is 16.8 Å². The van der Waals surface area contributed by atoms with Crippen LogP contribution in [0.4, 0.5) is 10.1 Å². The number of anilines is 1. The lowest BCUT2D eigenvalue weighted by molar-refractivity contribution is 0.0526. The molecule has 1 unspecified atom stereocenters. The van der Waals surface area contributed by atoms with Gasteiger partial charge in [0.15, 0.2) is 0 Å². The van der Waals surface area contributed by atoms with Crippen LogP contribution in [0.5, 0.6) is 0 Å². The lowest BCUT2D eigenvalue weighted by atomic mass is 9.95. The highest BCUT2D eigenvalue weighted by atomic mass is 19.1. The molecule has 6 nitrogen and oxygen atoms in total. The van der Waals surface area contributed by atoms with Gasteiger partial charge in [-0.3, -0.25) is 14.8 Å². The molecule has 0 fully saturated rings. The van der Waals surface area contributed by atoms with Crippen LogP contribution in [0.25, 0.3) is 11.3 Å². The third-order valence-electron chi connectivity index (χ3n) is 5.91. The van der Waals surface area contributed by atoms with Crippen LogP contribution in [0, 0.1) is 12.7 Å². The number of halogens is 1. The second-order valence-corrected chi connectivity index (χ2v) is 8.13. The number of nitrogens with one attached hydrogen (secondary N) is 1. The summed E-state index contributed by atoms with van der Waals surface area (Å²) < 4.78 is 19.3. The molecule has 0 aliphatic carbocycles. The third-order valence-corrected chi connectivity index (χ3v) is 5.91. The number of hydrogen-bond acceptors (Lipinski definition) is 4. The highest BCUT2D eigenvalue weighted by Gasteiger charge is 2.43. The van der Waals surface area contributed by atoms with Gasteiger partial charge in [0.1, 0.15) is 11.5 Å². The minimum atomic E-state index is -0.596. The van der Waals surface area contributed by atoms with Crippen LogP contribution in [0.2, 0.25) is 0 Å². The van der Waals surface area contributed by atoms with Gasteiger partial charge in [-0.05, 0) is 55.8 Å². The number of H-pyrrole nitrogens is 1. The molecule has 0 saturated carbocycles. The Bertz CT molecular complexity index is 1380. The minimum absolute atomic E-state index is 0.274. The van der Waals surface area contributed by atoms with Crippen LogP contribution in [0.3, 0.4) is 0 Å². The van der Waals surface area contributed by atoms with Gasteiger partial charge in [0.05, 0.1) is 23.9 Å². The Balaban J connectivity index is 1.64. The monoisotopic (exact) mass is 455 g/mol. The third kappa shape index (κ3) is 3.65. The lowest BCUT2D eigenvalue weighted by Gasteiger charge is -2.26. The van der Waals surface area contributed by atoms with Crippen molar-refractivity contribution in [1.29, 1.82) is 0 Å². The summed E-state index contributed by atoms with van der Waals surface area (Å²) >= 11 is 0. The van der Waals surface area contributed by atoms with Gasteiger partial charge in [0.2, 0.25) is 0 Å². The first-order valence-electron chi connectivity index (χ1n) is 11.0. The van der Waals surface area contributed by atoms with E-state index in [1.165, 1.54) is 12.1 Å². The van der Waals surface area contributed by atoms with E-state index >= 15 is 0 Å². The van der Waals surface area contributed by atoms with Crippen molar-refractivity contribution in [2.24, 2.45) is 0 Å². The van der Waals surface area contributed by atoms with Gasteiger partial charge in [0.25, 0.3) is 5.91 Å². The number of fused-ring (bicyclic) bond motifs is 1. The van der Waals surface area contributed by atoms with Crippen molar-refractivity contribution >= 4 is 17.6 Å². The first-order chi connectivity index (χ1) is 16.5. The van der Waals surface area contributed by atoms with E-state index in [9.17, 15) is 14.0 Å². The molecule has 1 amide bonds. The largest absolute Gasteiger partial charge is 0.462 e. The van der Waals surface area contributed by atoms with Crippen LogP contribution in [-0.2, 0) is 4.74 Å². The van der Waals surface area contributed by atoms with E-state index < -0.39 is 17.8 Å². The lowest BCUT2D eigenvalue weighted by Crippen LogP contribution is -2.29. The highest BCUT2D eigenvalue weighted by Crippen LogP contribution is 2.45. The number of aromatic amines is 1. The predicted octanol–water partition coefficient (Wildman–Crippen LogP) is 5.45. The summed E-state index contributed by atoms with van der Waals surface area (Å²) in [6, 6.07) is 20.1. The second-order valence-electron chi connectivity index (χ2n) is 8.13. The summed E-state index contributed by atoms with van der Waals surface area (Å²) in [4.78, 5) is 27.2. The maximum atomic E-state index is 14.3. The molecule has 2 heterocycles. The van der Waals surface area contributed by atoms with Crippen molar-refractivity contribution in [3.63, 3.8) is 0 Å². The molecule has 1 atom stereocenters. The molecule has 1 N–H and O–H groups in total. The van der Waals surface area contributed by atoms with Gasteiger partial charge in [-0.15, -0.1) is 0 Å². The average molecular weight is 455 g/mol. The number of esters is 1. The van der Waals surface area contributed by atoms with Crippen LogP contribution in [-0.4, -0.2) is 28.7 Å². The van der Waals surface area contributed by atoms with Crippen molar-refractivity contribution in [3.05, 3.63) is 107 Å². The quantitative estimate of drug-likeness (QED) is 0.406. The molecule has 0 bridgehead atoms. The summed E-state index contributed by atoms with van der Waals surface area (Å²) in [6.45, 7) is 4.02. The first-order valence-corrected chi connectivity index (χ1v) is 11.0. The molecule has 0 saturated heterocycles. The summed E-state index contributed by atoms with van der Waals surface area (Å²) in [5.74, 6) is -1.10. The van der Waals surface area contributed by atoms with E-state index in [0.717, 1.165) is 11.1 Å². The number of rotatable bonds is 5.